The van der Waals surface area contributed by atoms with E-state index in [1.165, 1.54) is 41.2 Å². The van der Waals surface area contributed by atoms with Crippen molar-refractivity contribution < 1.29 is 0 Å². The predicted octanol–water partition coefficient (Wildman–Crippen LogP) is 5.61. The smallest absolute Gasteiger partial charge is 0.00549 e. The van der Waals surface area contributed by atoms with E-state index >= 15 is 0 Å². The molecule has 0 bridgehead atoms. The van der Waals surface area contributed by atoms with Crippen LogP contribution < -0.4 is 0 Å². The predicted molar refractivity (Wildman–Crippen MR) is 84.3 cm³/mol. The minimum atomic E-state index is 0.728. The fraction of sp³-hybridized carbons (Fsp3) is 0.368. The summed E-state index contributed by atoms with van der Waals surface area (Å²) in [7, 11) is 0. The van der Waals surface area contributed by atoms with Crippen LogP contribution in [0.1, 0.15) is 44.2 Å². The topological polar surface area (TPSA) is 0 Å². The van der Waals surface area contributed by atoms with E-state index in [0.29, 0.717) is 0 Å². The lowest BCUT2D eigenvalue weighted by molar-refractivity contribution is 0.567. The fourth-order valence-corrected chi connectivity index (χ4v) is 3.13. The molecule has 2 aromatic carbocycles. The number of unbranched alkanes of at least 4 members (excludes halogenated alkanes) is 1. The summed E-state index contributed by atoms with van der Waals surface area (Å²) < 4.78 is 0. The van der Waals surface area contributed by atoms with E-state index in [1.807, 2.05) is 0 Å². The molecule has 1 aliphatic rings. The van der Waals surface area contributed by atoms with Crippen molar-refractivity contribution in [3.63, 3.8) is 0 Å². The van der Waals surface area contributed by atoms with Gasteiger partial charge in [-0.15, -0.1) is 0 Å². The summed E-state index contributed by atoms with van der Waals surface area (Å²) in [5.74, 6) is 0.728. The van der Waals surface area contributed by atoms with Crippen molar-refractivity contribution in [1.82, 2.24) is 0 Å². The molecular weight excluding hydrogens is 228 g/mol. The quantitative estimate of drug-likeness (QED) is 0.662. The van der Waals surface area contributed by atoms with Gasteiger partial charge in [-0.2, -0.15) is 0 Å². The standard InChI is InChI=1S/C19H22/c1-3-4-7-14(2)17-12-16-11-10-15-8-5-6-9-18(15)19(16)13-17/h5-6,8-11,13-14H,3-4,7,12H2,1-2H3. The molecule has 2 aromatic rings. The third kappa shape index (κ3) is 2.32. The SMILES string of the molecule is CCCCC(C)C1=Cc2c(ccc3ccccc23)C1. The van der Waals surface area contributed by atoms with E-state index in [1.54, 1.807) is 5.57 Å². The van der Waals surface area contributed by atoms with Gasteiger partial charge in [0, 0.05) is 0 Å². The second-order valence-corrected chi connectivity index (χ2v) is 5.80. The first-order chi connectivity index (χ1) is 9.29. The number of hydrogen-bond acceptors (Lipinski definition) is 0. The normalized spacial score (nSPS) is 15.4. The van der Waals surface area contributed by atoms with E-state index in [9.17, 15) is 0 Å². The highest BCUT2D eigenvalue weighted by molar-refractivity contribution is 5.93. The van der Waals surface area contributed by atoms with Crippen LogP contribution in [0.15, 0.2) is 42.0 Å². The van der Waals surface area contributed by atoms with E-state index in [0.717, 1.165) is 12.3 Å². The lowest BCUT2D eigenvalue weighted by Crippen LogP contribution is -1.99. The highest BCUT2D eigenvalue weighted by atomic mass is 14.2. The Morgan fingerprint density at radius 2 is 1.95 bits per heavy atom. The molecule has 0 heteroatoms. The summed E-state index contributed by atoms with van der Waals surface area (Å²) in [5, 5.41) is 2.78. The highest BCUT2D eigenvalue weighted by Crippen LogP contribution is 2.35. The van der Waals surface area contributed by atoms with Crippen LogP contribution in [0.5, 0.6) is 0 Å². The summed E-state index contributed by atoms with van der Waals surface area (Å²) in [6.07, 6.45) is 7.58. The van der Waals surface area contributed by atoms with Crippen molar-refractivity contribution in [3.05, 3.63) is 53.1 Å². The molecule has 0 spiro atoms. The van der Waals surface area contributed by atoms with Crippen LogP contribution in [0.3, 0.4) is 0 Å². The molecule has 0 amide bonds. The van der Waals surface area contributed by atoms with Crippen LogP contribution >= 0.6 is 0 Å². The minimum absolute atomic E-state index is 0.728. The molecule has 0 aromatic heterocycles. The maximum atomic E-state index is 2.46. The van der Waals surface area contributed by atoms with Gasteiger partial charge in [0.05, 0.1) is 0 Å². The van der Waals surface area contributed by atoms with Crippen LogP contribution in [0.4, 0.5) is 0 Å². The van der Waals surface area contributed by atoms with Crippen LogP contribution in [-0.4, -0.2) is 0 Å². The Labute approximate surface area is 116 Å². The average Bonchev–Trinajstić information content (AvgIpc) is 2.89. The number of fused-ring (bicyclic) bond motifs is 3. The molecule has 0 heterocycles. The van der Waals surface area contributed by atoms with Crippen LogP contribution in [-0.2, 0) is 6.42 Å². The molecule has 0 radical (unpaired) electrons. The lowest BCUT2D eigenvalue weighted by atomic mass is 9.94. The molecule has 0 saturated heterocycles. The molecule has 98 valence electrons. The lowest BCUT2D eigenvalue weighted by Gasteiger charge is -2.11. The minimum Gasteiger partial charge on any atom is -0.0654 e. The van der Waals surface area contributed by atoms with E-state index in [-0.39, 0.29) is 0 Å². The Bertz CT molecular complexity index is 619. The second-order valence-electron chi connectivity index (χ2n) is 5.80. The summed E-state index contributed by atoms with van der Waals surface area (Å²) >= 11 is 0. The molecule has 3 rings (SSSR count). The number of hydrogen-bond donors (Lipinski definition) is 0. The van der Waals surface area contributed by atoms with Gasteiger partial charge in [0.15, 0.2) is 0 Å². The number of rotatable bonds is 4. The summed E-state index contributed by atoms with van der Waals surface area (Å²) in [4.78, 5) is 0. The van der Waals surface area contributed by atoms with E-state index in [4.69, 9.17) is 0 Å². The van der Waals surface area contributed by atoms with Gasteiger partial charge in [-0.3, -0.25) is 0 Å². The van der Waals surface area contributed by atoms with E-state index in [2.05, 4.69) is 56.3 Å². The second kappa shape index (κ2) is 5.21. The van der Waals surface area contributed by atoms with Crippen molar-refractivity contribution in [2.75, 3.05) is 0 Å². The summed E-state index contributed by atoms with van der Waals surface area (Å²) in [6.45, 7) is 4.66. The summed E-state index contributed by atoms with van der Waals surface area (Å²) in [5.41, 5.74) is 4.60. The van der Waals surface area contributed by atoms with Gasteiger partial charge >= 0.3 is 0 Å². The Kier molecular flexibility index (Phi) is 3.42. The summed E-state index contributed by atoms with van der Waals surface area (Å²) in [6, 6.07) is 13.3. The molecule has 1 unspecified atom stereocenters. The third-order valence-electron chi connectivity index (χ3n) is 4.41. The third-order valence-corrected chi connectivity index (χ3v) is 4.41. The first kappa shape index (κ1) is 12.5. The average molecular weight is 250 g/mol. The van der Waals surface area contributed by atoms with Crippen molar-refractivity contribution in [2.24, 2.45) is 5.92 Å². The molecule has 0 saturated carbocycles. The molecule has 0 aliphatic heterocycles. The van der Waals surface area contributed by atoms with Crippen molar-refractivity contribution in [3.8, 4) is 0 Å². The molecule has 1 aliphatic carbocycles. The van der Waals surface area contributed by atoms with Gasteiger partial charge in [0.1, 0.15) is 0 Å². The molecule has 19 heavy (non-hydrogen) atoms. The van der Waals surface area contributed by atoms with Crippen molar-refractivity contribution >= 4 is 16.8 Å². The molecule has 0 fully saturated rings. The van der Waals surface area contributed by atoms with Crippen molar-refractivity contribution in [2.45, 2.75) is 39.5 Å². The maximum Gasteiger partial charge on any atom is -0.00549 e. The van der Waals surface area contributed by atoms with E-state index < -0.39 is 0 Å². The van der Waals surface area contributed by atoms with Gasteiger partial charge < -0.3 is 0 Å². The van der Waals surface area contributed by atoms with Gasteiger partial charge in [-0.1, -0.05) is 74.7 Å². The molecule has 0 nitrogen and oxygen atoms in total. The molecular formula is C19H22. The Morgan fingerprint density at radius 3 is 2.79 bits per heavy atom. The molecule has 1 atom stereocenters. The zero-order chi connectivity index (χ0) is 13.2. The van der Waals surface area contributed by atoms with Crippen LogP contribution in [0.25, 0.3) is 16.8 Å². The monoisotopic (exact) mass is 250 g/mol. The zero-order valence-corrected chi connectivity index (χ0v) is 11.9. The van der Waals surface area contributed by atoms with Gasteiger partial charge in [0.25, 0.3) is 0 Å². The zero-order valence-electron chi connectivity index (χ0n) is 11.9. The maximum absolute atomic E-state index is 2.46. The van der Waals surface area contributed by atoms with Crippen LogP contribution in [0.2, 0.25) is 0 Å². The fourth-order valence-electron chi connectivity index (χ4n) is 3.13. The Hall–Kier alpha value is -1.56. The number of allylic oxidation sites excluding steroid dienone is 1. The van der Waals surface area contributed by atoms with Gasteiger partial charge in [-0.25, -0.2) is 0 Å². The Balaban J connectivity index is 1.95. The Morgan fingerprint density at radius 1 is 1.11 bits per heavy atom. The molecule has 0 N–H and O–H groups in total. The highest BCUT2D eigenvalue weighted by Gasteiger charge is 2.18. The van der Waals surface area contributed by atoms with Gasteiger partial charge in [0.2, 0.25) is 0 Å². The largest absolute Gasteiger partial charge is 0.0654 e. The van der Waals surface area contributed by atoms with Crippen molar-refractivity contribution in [1.29, 1.82) is 0 Å². The first-order valence-electron chi connectivity index (χ1n) is 7.50. The first-order valence-corrected chi connectivity index (χ1v) is 7.50. The van der Waals surface area contributed by atoms with Crippen LogP contribution in [0, 0.1) is 5.92 Å². The van der Waals surface area contributed by atoms with Gasteiger partial charge in [-0.05, 0) is 40.7 Å². The number of benzene rings is 2.